The van der Waals surface area contributed by atoms with Crippen LogP contribution in [0.3, 0.4) is 0 Å². The minimum atomic E-state index is -1.16. The van der Waals surface area contributed by atoms with Crippen LogP contribution in [0.25, 0.3) is 0 Å². The van der Waals surface area contributed by atoms with Gasteiger partial charge in [0.1, 0.15) is 5.67 Å². The number of hydrogen-bond acceptors (Lipinski definition) is 1. The Hall–Kier alpha value is -0.800. The standard InChI is InChI=1S/C9H17FN2O/c1-11-8(13)12-7-9(10)5-3-2-4-6-9/h2-7H2,1H3,(H2,11,12,13). The highest BCUT2D eigenvalue weighted by atomic mass is 19.1. The van der Waals surface area contributed by atoms with Crippen molar-refractivity contribution in [3.05, 3.63) is 0 Å². The van der Waals surface area contributed by atoms with Gasteiger partial charge in [-0.05, 0) is 12.8 Å². The molecule has 0 unspecified atom stereocenters. The summed E-state index contributed by atoms with van der Waals surface area (Å²) in [5, 5.41) is 4.92. The number of amides is 2. The van der Waals surface area contributed by atoms with Crippen LogP contribution in [-0.4, -0.2) is 25.3 Å². The van der Waals surface area contributed by atoms with Gasteiger partial charge in [-0.3, -0.25) is 0 Å². The molecule has 0 aromatic carbocycles. The maximum absolute atomic E-state index is 13.8. The van der Waals surface area contributed by atoms with Crippen LogP contribution in [0.1, 0.15) is 32.1 Å². The molecule has 76 valence electrons. The zero-order valence-corrected chi connectivity index (χ0v) is 8.03. The summed E-state index contributed by atoms with van der Waals surface area (Å²) in [6, 6.07) is -0.303. The van der Waals surface area contributed by atoms with E-state index in [1.54, 1.807) is 0 Å². The molecule has 1 saturated carbocycles. The van der Waals surface area contributed by atoms with Gasteiger partial charge in [-0.25, -0.2) is 9.18 Å². The van der Waals surface area contributed by atoms with E-state index in [-0.39, 0.29) is 12.6 Å². The Labute approximate surface area is 78.1 Å². The maximum atomic E-state index is 13.8. The summed E-state index contributed by atoms with van der Waals surface area (Å²) >= 11 is 0. The minimum Gasteiger partial charge on any atom is -0.341 e. The second-order valence-electron chi connectivity index (χ2n) is 3.64. The molecule has 0 aromatic rings. The van der Waals surface area contributed by atoms with Crippen molar-refractivity contribution < 1.29 is 9.18 Å². The van der Waals surface area contributed by atoms with Crippen LogP contribution in [0.15, 0.2) is 0 Å². The van der Waals surface area contributed by atoms with Gasteiger partial charge in [0.25, 0.3) is 0 Å². The summed E-state index contributed by atoms with van der Waals surface area (Å²) in [6.07, 6.45) is 4.15. The van der Waals surface area contributed by atoms with E-state index >= 15 is 0 Å². The van der Waals surface area contributed by atoms with E-state index in [4.69, 9.17) is 0 Å². The van der Waals surface area contributed by atoms with Crippen molar-refractivity contribution in [2.75, 3.05) is 13.6 Å². The third-order valence-corrected chi connectivity index (χ3v) is 2.54. The summed E-state index contributed by atoms with van der Waals surface area (Å²) in [4.78, 5) is 10.8. The Morgan fingerprint density at radius 1 is 1.38 bits per heavy atom. The fraction of sp³-hybridized carbons (Fsp3) is 0.889. The van der Waals surface area contributed by atoms with E-state index in [0.717, 1.165) is 19.3 Å². The first-order valence-corrected chi connectivity index (χ1v) is 4.81. The number of halogens is 1. The predicted octanol–water partition coefficient (Wildman–Crippen LogP) is 1.59. The summed E-state index contributed by atoms with van der Waals surface area (Å²) in [7, 11) is 1.53. The molecule has 1 fully saturated rings. The van der Waals surface area contributed by atoms with Crippen molar-refractivity contribution in [2.45, 2.75) is 37.8 Å². The molecule has 0 aliphatic heterocycles. The lowest BCUT2D eigenvalue weighted by atomic mass is 9.86. The minimum absolute atomic E-state index is 0.146. The topological polar surface area (TPSA) is 41.1 Å². The molecule has 0 heterocycles. The highest BCUT2D eigenvalue weighted by Crippen LogP contribution is 2.30. The number of rotatable bonds is 2. The van der Waals surface area contributed by atoms with E-state index in [2.05, 4.69) is 10.6 Å². The molecular weight excluding hydrogens is 171 g/mol. The van der Waals surface area contributed by atoms with Crippen LogP contribution in [-0.2, 0) is 0 Å². The van der Waals surface area contributed by atoms with Crippen LogP contribution in [0.2, 0.25) is 0 Å². The molecule has 2 amide bonds. The van der Waals surface area contributed by atoms with Gasteiger partial charge in [0.05, 0.1) is 6.54 Å². The molecule has 1 rings (SSSR count). The Morgan fingerprint density at radius 3 is 2.54 bits per heavy atom. The number of alkyl halides is 1. The van der Waals surface area contributed by atoms with Crippen LogP contribution in [0.4, 0.5) is 9.18 Å². The van der Waals surface area contributed by atoms with Crippen LogP contribution < -0.4 is 10.6 Å². The third-order valence-electron chi connectivity index (χ3n) is 2.54. The Kier molecular flexibility index (Phi) is 3.51. The van der Waals surface area contributed by atoms with Gasteiger partial charge in [-0.2, -0.15) is 0 Å². The molecule has 2 N–H and O–H groups in total. The number of hydrogen-bond donors (Lipinski definition) is 2. The Bertz CT molecular complexity index is 178. The zero-order valence-electron chi connectivity index (χ0n) is 8.03. The lowest BCUT2D eigenvalue weighted by molar-refractivity contribution is 0.107. The SMILES string of the molecule is CNC(=O)NCC1(F)CCCCC1. The summed E-state index contributed by atoms with van der Waals surface area (Å²) in [5.74, 6) is 0. The van der Waals surface area contributed by atoms with Crippen LogP contribution in [0.5, 0.6) is 0 Å². The maximum Gasteiger partial charge on any atom is 0.314 e. The van der Waals surface area contributed by atoms with Gasteiger partial charge in [0.15, 0.2) is 0 Å². The second-order valence-corrected chi connectivity index (χ2v) is 3.64. The lowest BCUT2D eigenvalue weighted by Gasteiger charge is -2.29. The van der Waals surface area contributed by atoms with E-state index in [9.17, 15) is 9.18 Å². The fourth-order valence-electron chi connectivity index (χ4n) is 1.69. The Morgan fingerprint density at radius 2 is 2.00 bits per heavy atom. The largest absolute Gasteiger partial charge is 0.341 e. The number of nitrogens with one attached hydrogen (secondary N) is 2. The van der Waals surface area contributed by atoms with Crippen molar-refractivity contribution in [3.63, 3.8) is 0 Å². The molecule has 0 saturated heterocycles. The van der Waals surface area contributed by atoms with Crippen LogP contribution in [0, 0.1) is 0 Å². The lowest BCUT2D eigenvalue weighted by Crippen LogP contribution is -2.44. The van der Waals surface area contributed by atoms with E-state index in [0.29, 0.717) is 12.8 Å². The third kappa shape index (κ3) is 3.20. The van der Waals surface area contributed by atoms with Crippen molar-refractivity contribution in [2.24, 2.45) is 0 Å². The molecule has 13 heavy (non-hydrogen) atoms. The molecular formula is C9H17FN2O. The molecule has 1 aliphatic carbocycles. The van der Waals surface area contributed by atoms with E-state index < -0.39 is 5.67 Å². The smallest absolute Gasteiger partial charge is 0.314 e. The summed E-state index contributed by atoms with van der Waals surface area (Å²) in [6.45, 7) is 0.146. The van der Waals surface area contributed by atoms with Gasteiger partial charge in [0, 0.05) is 7.05 Å². The molecule has 1 aliphatic rings. The highest BCUT2D eigenvalue weighted by molar-refractivity contribution is 5.73. The normalized spacial score (nSPS) is 20.8. The molecule has 0 spiro atoms. The summed E-state index contributed by atoms with van der Waals surface area (Å²) in [5.41, 5.74) is -1.16. The van der Waals surface area contributed by atoms with Gasteiger partial charge in [-0.1, -0.05) is 19.3 Å². The highest BCUT2D eigenvalue weighted by Gasteiger charge is 2.31. The molecule has 4 heteroatoms. The van der Waals surface area contributed by atoms with E-state index in [1.165, 1.54) is 7.05 Å². The monoisotopic (exact) mass is 188 g/mol. The second kappa shape index (κ2) is 4.44. The molecule has 3 nitrogen and oxygen atoms in total. The van der Waals surface area contributed by atoms with Gasteiger partial charge in [0.2, 0.25) is 0 Å². The van der Waals surface area contributed by atoms with Gasteiger partial charge >= 0.3 is 6.03 Å². The quantitative estimate of drug-likeness (QED) is 0.678. The predicted molar refractivity (Wildman–Crippen MR) is 49.4 cm³/mol. The molecule has 0 aromatic heterocycles. The fourth-order valence-corrected chi connectivity index (χ4v) is 1.69. The number of carbonyl (C=O) groups excluding carboxylic acids is 1. The first-order valence-electron chi connectivity index (χ1n) is 4.81. The number of urea groups is 1. The summed E-state index contributed by atoms with van der Waals surface area (Å²) < 4.78 is 13.8. The van der Waals surface area contributed by atoms with E-state index in [1.807, 2.05) is 0 Å². The zero-order chi connectivity index (χ0) is 9.73. The van der Waals surface area contributed by atoms with Crippen molar-refractivity contribution in [1.82, 2.24) is 10.6 Å². The molecule has 0 bridgehead atoms. The van der Waals surface area contributed by atoms with Gasteiger partial charge < -0.3 is 10.6 Å². The van der Waals surface area contributed by atoms with Crippen molar-refractivity contribution in [3.8, 4) is 0 Å². The first kappa shape index (κ1) is 10.3. The number of carbonyl (C=O) groups is 1. The average molecular weight is 188 g/mol. The first-order chi connectivity index (χ1) is 6.16. The molecule has 0 radical (unpaired) electrons. The van der Waals surface area contributed by atoms with Crippen LogP contribution >= 0.6 is 0 Å². The Balaban J connectivity index is 2.28. The van der Waals surface area contributed by atoms with Gasteiger partial charge in [-0.15, -0.1) is 0 Å². The molecule has 0 atom stereocenters. The van der Waals surface area contributed by atoms with Crippen molar-refractivity contribution in [1.29, 1.82) is 0 Å². The van der Waals surface area contributed by atoms with Crippen molar-refractivity contribution >= 4 is 6.03 Å². The average Bonchev–Trinajstić information content (AvgIpc) is 2.15.